The molecule has 0 heterocycles. The van der Waals surface area contributed by atoms with Gasteiger partial charge in [0, 0.05) is 6.20 Å². The molecule has 0 aliphatic heterocycles. The Kier molecular flexibility index (Phi) is 2.55. The maximum atomic E-state index is 6.65. The van der Waals surface area contributed by atoms with E-state index in [0.717, 1.165) is 12.0 Å². The summed E-state index contributed by atoms with van der Waals surface area (Å²) in [4.78, 5) is 0. The smallest absolute Gasteiger partial charge is 0.0166 e. The predicted molar refractivity (Wildman–Crippen MR) is 27.1 cm³/mol. The van der Waals surface area contributed by atoms with E-state index in [1.165, 1.54) is 6.20 Å². The first-order valence-electron chi connectivity index (χ1n) is 2.14. The third-order valence-electron chi connectivity index (χ3n) is 0.804. The van der Waals surface area contributed by atoms with Gasteiger partial charge in [-0.2, -0.15) is 0 Å². The predicted octanol–water partition coefficient (Wildman–Crippen LogP) is 1.58. The molecule has 1 nitrogen and oxygen atoms in total. The normalized spacial score (nSPS) is 12.0. The largest absolute Gasteiger partial charge is 0.309 e. The van der Waals surface area contributed by atoms with Crippen LogP contribution in [0.5, 0.6) is 0 Å². The van der Waals surface area contributed by atoms with Crippen molar-refractivity contribution in [3.8, 4) is 0 Å². The van der Waals surface area contributed by atoms with Gasteiger partial charge in [-0.15, -0.1) is 0 Å². The second-order valence-corrected chi connectivity index (χ2v) is 1.34. The third kappa shape index (κ3) is 1.82. The van der Waals surface area contributed by atoms with Gasteiger partial charge in [0.2, 0.25) is 0 Å². The lowest BCUT2D eigenvalue weighted by Crippen LogP contribution is -1.68. The summed E-state index contributed by atoms with van der Waals surface area (Å²) in [6, 6.07) is 0. The van der Waals surface area contributed by atoms with Gasteiger partial charge < -0.3 is 5.73 Å². The molecule has 1 heteroatoms. The van der Waals surface area contributed by atoms with Crippen molar-refractivity contribution in [1.82, 2.24) is 5.73 Å². The van der Waals surface area contributed by atoms with Crippen molar-refractivity contribution in [2.45, 2.75) is 20.3 Å². The molecule has 0 saturated carbocycles. The maximum absolute atomic E-state index is 6.65. The number of rotatable bonds is 1. The molecule has 0 aromatic carbocycles. The molecule has 0 aliphatic rings. The second kappa shape index (κ2) is 2.76. The average molecular weight is 84.1 g/mol. The first-order chi connectivity index (χ1) is 2.81. The Morgan fingerprint density at radius 3 is 2.33 bits per heavy atom. The highest BCUT2D eigenvalue weighted by atomic mass is 14.5. The van der Waals surface area contributed by atoms with E-state index in [0.29, 0.717) is 0 Å². The van der Waals surface area contributed by atoms with Gasteiger partial charge in [-0.05, 0) is 13.3 Å². The molecule has 0 aromatic heterocycles. The first kappa shape index (κ1) is 5.54. The van der Waals surface area contributed by atoms with E-state index in [1.807, 2.05) is 13.8 Å². The van der Waals surface area contributed by atoms with Crippen LogP contribution in [0.1, 0.15) is 20.3 Å². The Morgan fingerprint density at radius 2 is 2.33 bits per heavy atom. The van der Waals surface area contributed by atoms with Crippen molar-refractivity contribution in [1.29, 1.82) is 0 Å². The van der Waals surface area contributed by atoms with Crippen molar-refractivity contribution >= 4 is 0 Å². The van der Waals surface area contributed by atoms with Gasteiger partial charge in [-0.25, -0.2) is 0 Å². The number of allylic oxidation sites excluding steroid dienone is 1. The van der Waals surface area contributed by atoms with E-state index in [2.05, 4.69) is 0 Å². The number of nitrogens with one attached hydrogen (secondary N) is 1. The summed E-state index contributed by atoms with van der Waals surface area (Å²) in [6.45, 7) is 3.99. The lowest BCUT2D eigenvalue weighted by atomic mass is 10.3. The van der Waals surface area contributed by atoms with E-state index in [9.17, 15) is 0 Å². The molecular weight excluding hydrogens is 74.1 g/mol. The van der Waals surface area contributed by atoms with E-state index >= 15 is 0 Å². The minimum atomic E-state index is 1.00. The average Bonchev–Trinajstić information content (AvgIpc) is 1.65. The molecule has 0 amide bonds. The van der Waals surface area contributed by atoms with Crippen molar-refractivity contribution in [3.05, 3.63) is 11.8 Å². The van der Waals surface area contributed by atoms with Crippen LogP contribution < -0.4 is 5.73 Å². The van der Waals surface area contributed by atoms with Crippen molar-refractivity contribution in [2.75, 3.05) is 0 Å². The van der Waals surface area contributed by atoms with Crippen LogP contribution in [-0.4, -0.2) is 0 Å². The molecule has 0 unspecified atom stereocenters. The third-order valence-corrected chi connectivity index (χ3v) is 0.804. The van der Waals surface area contributed by atoms with Crippen LogP contribution >= 0.6 is 0 Å². The van der Waals surface area contributed by atoms with Gasteiger partial charge >= 0.3 is 0 Å². The zero-order chi connectivity index (χ0) is 4.99. The molecule has 0 aromatic rings. The Balaban J connectivity index is 3.22. The second-order valence-electron chi connectivity index (χ2n) is 1.34. The molecule has 0 rings (SSSR count). The number of hydrogen-bond acceptors (Lipinski definition) is 0. The van der Waals surface area contributed by atoms with E-state index in [1.54, 1.807) is 0 Å². The maximum Gasteiger partial charge on any atom is 0.0166 e. The fourth-order valence-corrected chi connectivity index (χ4v) is 0.102. The fourth-order valence-electron chi connectivity index (χ4n) is 0.102. The molecule has 0 bridgehead atoms. The summed E-state index contributed by atoms with van der Waals surface area (Å²) < 4.78 is 0. The van der Waals surface area contributed by atoms with Gasteiger partial charge in [0.25, 0.3) is 0 Å². The molecule has 0 spiro atoms. The molecule has 1 radical (unpaired) electrons. The summed E-state index contributed by atoms with van der Waals surface area (Å²) in [5.74, 6) is 0. The van der Waals surface area contributed by atoms with Crippen molar-refractivity contribution in [2.24, 2.45) is 0 Å². The van der Waals surface area contributed by atoms with Gasteiger partial charge in [-0.1, -0.05) is 12.5 Å². The van der Waals surface area contributed by atoms with Crippen LogP contribution in [0, 0.1) is 0 Å². The molecular formula is C5H10N. The Hall–Kier alpha value is -0.460. The van der Waals surface area contributed by atoms with Crippen LogP contribution in [-0.2, 0) is 0 Å². The quantitative estimate of drug-likeness (QED) is 0.460. The van der Waals surface area contributed by atoms with Crippen LogP contribution in [0.15, 0.2) is 11.8 Å². The minimum absolute atomic E-state index is 1.00. The van der Waals surface area contributed by atoms with Gasteiger partial charge in [0.1, 0.15) is 0 Å². The summed E-state index contributed by atoms with van der Waals surface area (Å²) in [7, 11) is 0. The number of hydrogen-bond donors (Lipinski definition) is 0. The molecule has 35 valence electrons. The van der Waals surface area contributed by atoms with Gasteiger partial charge in [0.15, 0.2) is 0 Å². The summed E-state index contributed by atoms with van der Waals surface area (Å²) in [5, 5.41) is 0. The zero-order valence-corrected chi connectivity index (χ0v) is 4.28. The summed E-state index contributed by atoms with van der Waals surface area (Å²) in [5.41, 5.74) is 7.78. The topological polar surface area (TPSA) is 23.8 Å². The highest BCUT2D eigenvalue weighted by Crippen LogP contribution is 1.92. The van der Waals surface area contributed by atoms with Gasteiger partial charge in [-0.3, -0.25) is 0 Å². The molecule has 0 aliphatic carbocycles. The van der Waals surface area contributed by atoms with Crippen LogP contribution in [0.3, 0.4) is 0 Å². The highest BCUT2D eigenvalue weighted by Gasteiger charge is 1.74. The van der Waals surface area contributed by atoms with E-state index in [-0.39, 0.29) is 0 Å². The van der Waals surface area contributed by atoms with E-state index in [4.69, 9.17) is 5.73 Å². The lowest BCUT2D eigenvalue weighted by Gasteiger charge is -1.84. The van der Waals surface area contributed by atoms with Crippen LogP contribution in [0.2, 0.25) is 0 Å². The van der Waals surface area contributed by atoms with E-state index < -0.39 is 0 Å². The Morgan fingerprint density at radius 1 is 1.83 bits per heavy atom. The summed E-state index contributed by atoms with van der Waals surface area (Å²) in [6.07, 6.45) is 2.39. The molecule has 1 N–H and O–H groups in total. The van der Waals surface area contributed by atoms with Gasteiger partial charge in [0.05, 0.1) is 0 Å². The molecule has 6 heavy (non-hydrogen) atoms. The standard InChI is InChI=1S/C5H10N/c1-3-5(2)4-6/h4,6H,3H2,1-2H3/b5-4-. The Bertz CT molecular complexity index is 55.0. The monoisotopic (exact) mass is 84.1 g/mol. The molecule has 0 saturated heterocycles. The zero-order valence-electron chi connectivity index (χ0n) is 4.28. The van der Waals surface area contributed by atoms with Crippen molar-refractivity contribution in [3.63, 3.8) is 0 Å². The first-order valence-corrected chi connectivity index (χ1v) is 2.14. The summed E-state index contributed by atoms with van der Waals surface area (Å²) >= 11 is 0. The van der Waals surface area contributed by atoms with Crippen molar-refractivity contribution < 1.29 is 0 Å². The minimum Gasteiger partial charge on any atom is -0.309 e. The SMILES string of the molecule is CC/C(C)=C\[NH]. The molecule has 0 fully saturated rings. The van der Waals surface area contributed by atoms with Crippen LogP contribution in [0.25, 0.3) is 0 Å². The highest BCUT2D eigenvalue weighted by molar-refractivity contribution is 4.91. The fraction of sp³-hybridized carbons (Fsp3) is 0.600. The Labute approximate surface area is 38.8 Å². The molecule has 0 atom stereocenters. The lowest BCUT2D eigenvalue weighted by molar-refractivity contribution is 1.08. The van der Waals surface area contributed by atoms with Crippen LogP contribution in [0.4, 0.5) is 0 Å².